The first-order valence-corrected chi connectivity index (χ1v) is 8.69. The van der Waals surface area contributed by atoms with Crippen molar-refractivity contribution in [1.29, 1.82) is 0 Å². The van der Waals surface area contributed by atoms with Gasteiger partial charge in [-0.1, -0.05) is 30.0 Å². The zero-order chi connectivity index (χ0) is 17.9. The Labute approximate surface area is 150 Å². The minimum atomic E-state index is -0.875. The molecule has 1 aliphatic rings. The molecule has 0 saturated carbocycles. The molecule has 0 atom stereocenters. The van der Waals surface area contributed by atoms with Crippen LogP contribution in [0.4, 0.5) is 0 Å². The molecule has 24 heavy (non-hydrogen) atoms. The molecule has 1 aromatic rings. The van der Waals surface area contributed by atoms with Crippen molar-refractivity contribution >= 4 is 46.3 Å². The fraction of sp³-hybridized carbons (Fsp3) is 0.353. The summed E-state index contributed by atoms with van der Waals surface area (Å²) in [6, 6.07) is 3.79. The van der Waals surface area contributed by atoms with Gasteiger partial charge in [0.15, 0.2) is 0 Å². The van der Waals surface area contributed by atoms with Crippen LogP contribution in [0.5, 0.6) is 5.75 Å². The molecule has 1 heterocycles. The Kier molecular flexibility index (Phi) is 6.01. The monoisotopic (exact) mass is 365 g/mol. The number of carbonyl (C=O) groups is 2. The molecular formula is C17H19NO4S2. The number of thiocarbonyl (C=S) groups is 1. The van der Waals surface area contributed by atoms with Crippen LogP contribution >= 0.6 is 24.0 Å². The van der Waals surface area contributed by atoms with Crippen molar-refractivity contribution in [1.82, 2.24) is 4.90 Å². The molecule has 1 aromatic carbocycles. The molecule has 1 aliphatic heterocycles. The predicted molar refractivity (Wildman–Crippen MR) is 99.2 cm³/mol. The SMILES string of the molecule is COc1ccc(C=C2SC(=S)N(CCCC(=O)O)C2=O)c(C)c1C. The molecule has 2 rings (SSSR count). The van der Waals surface area contributed by atoms with Crippen LogP contribution in [0.3, 0.4) is 0 Å². The standard InChI is InChI=1S/C17H19NO4S2/c1-10-11(2)13(22-3)7-6-12(10)9-14-16(21)18(17(23)24-14)8-4-5-15(19)20/h6-7,9H,4-5,8H2,1-3H3,(H,19,20). The zero-order valence-corrected chi connectivity index (χ0v) is 15.4. The van der Waals surface area contributed by atoms with Crippen LogP contribution in [0.1, 0.15) is 29.5 Å². The quantitative estimate of drug-likeness (QED) is 0.616. The smallest absolute Gasteiger partial charge is 0.303 e. The number of aliphatic carboxylic acids is 1. The molecule has 0 radical (unpaired) electrons. The zero-order valence-electron chi connectivity index (χ0n) is 13.8. The molecule has 0 aromatic heterocycles. The second-order valence-corrected chi connectivity index (χ2v) is 7.11. The summed E-state index contributed by atoms with van der Waals surface area (Å²) in [6.07, 6.45) is 2.24. The van der Waals surface area contributed by atoms with E-state index in [1.165, 1.54) is 16.7 Å². The Hall–Kier alpha value is -1.86. The average Bonchev–Trinajstić information content (AvgIpc) is 2.79. The Balaban J connectivity index is 2.20. The first-order valence-electron chi connectivity index (χ1n) is 7.46. The molecule has 1 fully saturated rings. The average molecular weight is 365 g/mol. The van der Waals surface area contributed by atoms with Crippen molar-refractivity contribution in [2.24, 2.45) is 0 Å². The highest BCUT2D eigenvalue weighted by molar-refractivity contribution is 8.26. The lowest BCUT2D eigenvalue weighted by Gasteiger charge is -2.13. The number of benzene rings is 1. The van der Waals surface area contributed by atoms with Gasteiger partial charge in [-0.25, -0.2) is 0 Å². The minimum absolute atomic E-state index is 0.0207. The molecule has 7 heteroatoms. The molecule has 0 aliphatic carbocycles. The second-order valence-electron chi connectivity index (χ2n) is 5.44. The van der Waals surface area contributed by atoms with Gasteiger partial charge >= 0.3 is 5.97 Å². The van der Waals surface area contributed by atoms with Crippen LogP contribution in [0.15, 0.2) is 17.0 Å². The Morgan fingerprint density at radius 1 is 1.38 bits per heavy atom. The maximum absolute atomic E-state index is 12.5. The van der Waals surface area contributed by atoms with E-state index in [-0.39, 0.29) is 12.3 Å². The molecular weight excluding hydrogens is 346 g/mol. The molecule has 5 nitrogen and oxygen atoms in total. The lowest BCUT2D eigenvalue weighted by molar-refractivity contribution is -0.137. The summed E-state index contributed by atoms with van der Waals surface area (Å²) in [5.41, 5.74) is 3.02. The Bertz CT molecular complexity index is 728. The molecule has 1 saturated heterocycles. The number of ether oxygens (including phenoxy) is 1. The van der Waals surface area contributed by atoms with E-state index < -0.39 is 5.97 Å². The van der Waals surface area contributed by atoms with Gasteiger partial charge in [-0.2, -0.15) is 0 Å². The Morgan fingerprint density at radius 3 is 2.71 bits per heavy atom. The van der Waals surface area contributed by atoms with E-state index in [9.17, 15) is 9.59 Å². The van der Waals surface area contributed by atoms with E-state index in [1.54, 1.807) is 7.11 Å². The van der Waals surface area contributed by atoms with Crippen molar-refractivity contribution in [2.75, 3.05) is 13.7 Å². The highest BCUT2D eigenvalue weighted by atomic mass is 32.2. The second kappa shape index (κ2) is 7.81. The summed E-state index contributed by atoms with van der Waals surface area (Å²) < 4.78 is 5.77. The summed E-state index contributed by atoms with van der Waals surface area (Å²) in [5, 5.41) is 8.70. The number of carbonyl (C=O) groups excluding carboxylic acids is 1. The number of hydrogen-bond donors (Lipinski definition) is 1. The lowest BCUT2D eigenvalue weighted by atomic mass is 10.0. The first kappa shape index (κ1) is 18.5. The minimum Gasteiger partial charge on any atom is -0.496 e. The number of carboxylic acids is 1. The third kappa shape index (κ3) is 3.96. The number of methoxy groups -OCH3 is 1. The van der Waals surface area contributed by atoms with Crippen LogP contribution < -0.4 is 4.74 Å². The number of carboxylic acid groups (broad SMARTS) is 1. The highest BCUT2D eigenvalue weighted by Crippen LogP contribution is 2.34. The maximum atomic E-state index is 12.5. The van der Waals surface area contributed by atoms with Crippen molar-refractivity contribution in [3.05, 3.63) is 33.7 Å². The van der Waals surface area contributed by atoms with Crippen LogP contribution in [-0.2, 0) is 9.59 Å². The van der Waals surface area contributed by atoms with Crippen LogP contribution in [-0.4, -0.2) is 39.9 Å². The topological polar surface area (TPSA) is 66.8 Å². The third-order valence-electron chi connectivity index (χ3n) is 3.93. The van der Waals surface area contributed by atoms with Crippen molar-refractivity contribution < 1.29 is 19.4 Å². The Morgan fingerprint density at radius 2 is 2.08 bits per heavy atom. The molecule has 1 amide bonds. The number of hydrogen-bond acceptors (Lipinski definition) is 5. The normalized spacial score (nSPS) is 16.1. The lowest BCUT2D eigenvalue weighted by Crippen LogP contribution is -2.29. The van der Waals surface area contributed by atoms with Crippen molar-refractivity contribution in [3.63, 3.8) is 0 Å². The van der Waals surface area contributed by atoms with Crippen molar-refractivity contribution in [3.8, 4) is 5.75 Å². The van der Waals surface area contributed by atoms with Crippen molar-refractivity contribution in [2.45, 2.75) is 26.7 Å². The number of thioether (sulfide) groups is 1. The van der Waals surface area contributed by atoms with Gasteiger partial charge in [-0.15, -0.1) is 0 Å². The van der Waals surface area contributed by atoms with E-state index in [4.69, 9.17) is 22.1 Å². The summed E-state index contributed by atoms with van der Waals surface area (Å²) >= 11 is 6.50. The van der Waals surface area contributed by atoms with E-state index in [1.807, 2.05) is 32.1 Å². The summed E-state index contributed by atoms with van der Waals surface area (Å²) in [4.78, 5) is 25.1. The molecule has 1 N–H and O–H groups in total. The number of amides is 1. The fourth-order valence-corrected chi connectivity index (χ4v) is 3.72. The summed E-state index contributed by atoms with van der Waals surface area (Å²) in [7, 11) is 1.63. The predicted octanol–water partition coefficient (Wildman–Crippen LogP) is 3.38. The molecule has 0 bridgehead atoms. The third-order valence-corrected chi connectivity index (χ3v) is 5.31. The summed E-state index contributed by atoms with van der Waals surface area (Å²) in [5.74, 6) is -0.227. The number of nitrogens with zero attached hydrogens (tertiary/aromatic N) is 1. The van der Waals surface area contributed by atoms with Gasteiger partial charge in [0.25, 0.3) is 5.91 Å². The summed E-state index contributed by atoms with van der Waals surface area (Å²) in [6.45, 7) is 4.29. The van der Waals surface area contributed by atoms with E-state index in [2.05, 4.69) is 0 Å². The van der Waals surface area contributed by atoms with Gasteiger partial charge in [0.2, 0.25) is 0 Å². The fourth-order valence-electron chi connectivity index (χ4n) is 2.42. The van der Waals surface area contributed by atoms with Gasteiger partial charge in [-0.05, 0) is 49.1 Å². The van der Waals surface area contributed by atoms with E-state index >= 15 is 0 Å². The van der Waals surface area contributed by atoms with Gasteiger partial charge in [0, 0.05) is 13.0 Å². The van der Waals surface area contributed by atoms with Gasteiger partial charge < -0.3 is 9.84 Å². The van der Waals surface area contributed by atoms with Crippen LogP contribution in [0.25, 0.3) is 6.08 Å². The van der Waals surface area contributed by atoms with Crippen LogP contribution in [0, 0.1) is 13.8 Å². The van der Waals surface area contributed by atoms with Crippen LogP contribution in [0.2, 0.25) is 0 Å². The number of rotatable bonds is 6. The first-order chi connectivity index (χ1) is 11.3. The molecule has 128 valence electrons. The van der Waals surface area contributed by atoms with Gasteiger partial charge in [0.05, 0.1) is 12.0 Å². The maximum Gasteiger partial charge on any atom is 0.303 e. The van der Waals surface area contributed by atoms with Gasteiger partial charge in [-0.3, -0.25) is 14.5 Å². The van der Waals surface area contributed by atoms with E-state index in [0.717, 1.165) is 22.4 Å². The van der Waals surface area contributed by atoms with E-state index in [0.29, 0.717) is 22.2 Å². The molecule has 0 spiro atoms. The molecule has 0 unspecified atom stereocenters. The van der Waals surface area contributed by atoms with Gasteiger partial charge in [0.1, 0.15) is 10.1 Å². The largest absolute Gasteiger partial charge is 0.496 e. The highest BCUT2D eigenvalue weighted by Gasteiger charge is 2.31.